The maximum Gasteiger partial charge on any atom is 0.142 e. The third-order valence-electron chi connectivity index (χ3n) is 6.13. The van der Waals surface area contributed by atoms with Gasteiger partial charge in [-0.05, 0) is 52.9 Å². The lowest BCUT2D eigenvalue weighted by atomic mass is 10.1. The summed E-state index contributed by atoms with van der Waals surface area (Å²) in [4.78, 5) is 7.37. The Hall–Kier alpha value is -3.47. The second-order valence-electron chi connectivity index (χ2n) is 8.93. The molecule has 0 bridgehead atoms. The van der Waals surface area contributed by atoms with E-state index in [1.54, 1.807) is 36.7 Å². The molecule has 4 N–H and O–H groups in total. The van der Waals surface area contributed by atoms with Gasteiger partial charge >= 0.3 is 0 Å². The van der Waals surface area contributed by atoms with E-state index in [1.165, 1.54) is 12.1 Å². The van der Waals surface area contributed by atoms with Crippen LogP contribution < -0.4 is 10.1 Å². The average molecular weight is 568 g/mol. The Bertz CT molecular complexity index is 1480. The van der Waals surface area contributed by atoms with Crippen LogP contribution in [0.4, 0.5) is 10.1 Å². The maximum atomic E-state index is 13.4. The number of hydrogen-bond acceptors (Lipinski definition) is 7. The number of nitrogens with zero attached hydrogens (tertiary/aromatic N) is 2. The molecule has 39 heavy (non-hydrogen) atoms. The van der Waals surface area contributed by atoms with Crippen molar-refractivity contribution < 1.29 is 24.4 Å². The molecule has 5 rings (SSSR count). The van der Waals surface area contributed by atoms with Gasteiger partial charge in [0.2, 0.25) is 0 Å². The predicted octanol–water partition coefficient (Wildman–Crippen LogP) is 4.82. The largest absolute Gasteiger partial charge is 0.487 e. The monoisotopic (exact) mass is 567 g/mol. The van der Waals surface area contributed by atoms with Crippen LogP contribution in [-0.4, -0.2) is 49.7 Å². The average Bonchev–Trinajstić information content (AvgIpc) is 3.40. The van der Waals surface area contributed by atoms with E-state index in [1.807, 2.05) is 46.7 Å². The Kier molecular flexibility index (Phi) is 8.44. The number of fused-ring (bicyclic) bond motifs is 1. The number of aliphatic hydroxyl groups is 3. The van der Waals surface area contributed by atoms with Gasteiger partial charge in [0, 0.05) is 17.8 Å². The van der Waals surface area contributed by atoms with E-state index in [0.717, 1.165) is 16.1 Å². The molecule has 2 aliphatic heterocycles. The molecule has 3 atom stereocenters. The molecule has 202 valence electrons. The molecule has 3 aromatic carbocycles. The van der Waals surface area contributed by atoms with Gasteiger partial charge in [-0.1, -0.05) is 54.1 Å². The number of rotatable bonds is 10. The number of aliphatic hydroxyl groups excluding tert-OH is 3. The zero-order valence-electron chi connectivity index (χ0n) is 20.7. The molecule has 0 saturated carbocycles. The highest BCUT2D eigenvalue weighted by Crippen LogP contribution is 2.39. The van der Waals surface area contributed by atoms with Crippen LogP contribution in [0.1, 0.15) is 11.1 Å². The van der Waals surface area contributed by atoms with Crippen LogP contribution in [0, 0.1) is 5.82 Å². The first-order valence-electron chi connectivity index (χ1n) is 12.2. The number of halogens is 2. The molecule has 0 fully saturated rings. The van der Waals surface area contributed by atoms with Crippen molar-refractivity contribution >= 4 is 39.1 Å². The molecule has 0 radical (unpaired) electrons. The molecule has 7 nitrogen and oxygen atoms in total. The molecule has 2 heterocycles. The van der Waals surface area contributed by atoms with Crippen molar-refractivity contribution in [2.24, 2.45) is 4.99 Å². The number of ether oxygens (including phenoxy) is 1. The van der Waals surface area contributed by atoms with Crippen molar-refractivity contribution in [1.29, 1.82) is 0 Å². The van der Waals surface area contributed by atoms with Gasteiger partial charge in [-0.15, -0.1) is 10.5 Å². The summed E-state index contributed by atoms with van der Waals surface area (Å²) in [5, 5.41) is 35.9. The first-order chi connectivity index (χ1) is 18.9. The second kappa shape index (κ2) is 12.1. The van der Waals surface area contributed by atoms with Crippen molar-refractivity contribution in [3.63, 3.8) is 0 Å². The number of nitrogens with one attached hydrogen (secondary N) is 1. The number of benzene rings is 3. The smallest absolute Gasteiger partial charge is 0.142 e. The lowest BCUT2D eigenvalue weighted by Gasteiger charge is -2.30. The quantitative estimate of drug-likeness (QED) is 0.262. The summed E-state index contributed by atoms with van der Waals surface area (Å²) in [6.07, 6.45) is 2.27. The Morgan fingerprint density at radius 1 is 1.03 bits per heavy atom. The topological polar surface area (TPSA) is 97.5 Å². The minimum Gasteiger partial charge on any atom is -0.487 e. The van der Waals surface area contributed by atoms with Crippen LogP contribution >= 0.6 is 22.1 Å². The van der Waals surface area contributed by atoms with E-state index in [-0.39, 0.29) is 12.4 Å². The Balaban J connectivity index is 1.39. The van der Waals surface area contributed by atoms with Gasteiger partial charge in [0.1, 0.15) is 35.5 Å². The molecule has 3 aromatic rings. The first kappa shape index (κ1) is 27.1. The Morgan fingerprint density at radius 3 is 2.56 bits per heavy atom. The molecule has 2 aliphatic rings. The summed E-state index contributed by atoms with van der Waals surface area (Å²) in [5.74, 6) is 0.682. The van der Waals surface area contributed by atoms with E-state index in [2.05, 4.69) is 10.3 Å². The van der Waals surface area contributed by atoms with E-state index >= 15 is 0 Å². The van der Waals surface area contributed by atoms with Crippen LogP contribution in [0.15, 0.2) is 101 Å². The Morgan fingerprint density at radius 2 is 1.82 bits per heavy atom. The van der Waals surface area contributed by atoms with Crippen molar-refractivity contribution in [3.8, 4) is 5.75 Å². The summed E-state index contributed by atoms with van der Waals surface area (Å²) in [6, 6.07) is 21.3. The SMILES string of the molecule is OC[C@@H](O)[C@H](O)S1=C2C(=C(Nc3ccc(OCc4cccc(F)c4)c(Cl)c3)N=CN2Cc2ccccc2)C=C1. The van der Waals surface area contributed by atoms with Crippen LogP contribution in [-0.2, 0) is 13.2 Å². The summed E-state index contributed by atoms with van der Waals surface area (Å²) >= 11 is 6.48. The van der Waals surface area contributed by atoms with E-state index in [0.29, 0.717) is 34.4 Å². The zero-order valence-corrected chi connectivity index (χ0v) is 22.3. The summed E-state index contributed by atoms with van der Waals surface area (Å²) in [5.41, 5.74) is 2.01. The van der Waals surface area contributed by atoms with Crippen molar-refractivity contribution in [3.05, 3.63) is 118 Å². The number of hydrogen-bond donors (Lipinski definition) is 4. The number of aliphatic imine (C=N–C) groups is 1. The minimum atomic E-state index is -1.28. The molecule has 0 aliphatic carbocycles. The van der Waals surface area contributed by atoms with E-state index in [9.17, 15) is 19.7 Å². The fraction of sp³-hybridized carbons (Fsp3) is 0.172. The Labute approximate surface area is 233 Å². The lowest BCUT2D eigenvalue weighted by Crippen LogP contribution is -2.36. The molecule has 0 saturated heterocycles. The van der Waals surface area contributed by atoms with E-state index < -0.39 is 28.6 Å². The third-order valence-corrected chi connectivity index (χ3v) is 8.59. The third kappa shape index (κ3) is 6.24. The summed E-state index contributed by atoms with van der Waals surface area (Å²) in [6.45, 7) is 0.149. The zero-order chi connectivity index (χ0) is 27.4. The van der Waals surface area contributed by atoms with Crippen molar-refractivity contribution in [1.82, 2.24) is 4.90 Å². The standard InChI is InChI=1S/C29H27ClFN3O4S/c30-24-14-22(9-10-26(24)38-17-20-7-4-8-21(31)13-20)33-27-23-11-12-39(29(37)25(36)16-35)28(23)34(18-32-27)15-19-5-2-1-3-6-19/h1-14,18,25,29,33,35-37H,15-17H2/t25-,29-,39?/m1/s1. The van der Waals surface area contributed by atoms with Gasteiger partial charge < -0.3 is 30.3 Å². The minimum absolute atomic E-state index is 0.175. The van der Waals surface area contributed by atoms with Crippen LogP contribution in [0.2, 0.25) is 5.02 Å². The molecule has 0 amide bonds. The fourth-order valence-electron chi connectivity index (χ4n) is 4.19. The van der Waals surface area contributed by atoms with Gasteiger partial charge in [0.25, 0.3) is 0 Å². The molecule has 10 heteroatoms. The van der Waals surface area contributed by atoms with Gasteiger partial charge in [-0.3, -0.25) is 0 Å². The molecule has 0 aromatic heterocycles. The lowest BCUT2D eigenvalue weighted by molar-refractivity contribution is 0.0285. The van der Waals surface area contributed by atoms with E-state index in [4.69, 9.17) is 16.3 Å². The van der Waals surface area contributed by atoms with Gasteiger partial charge in [-0.2, -0.15) is 0 Å². The van der Waals surface area contributed by atoms with Crippen LogP contribution in [0.25, 0.3) is 0 Å². The molecule has 1 unspecified atom stereocenters. The number of anilines is 1. The molecule has 0 spiro atoms. The normalized spacial score (nSPS) is 17.8. The molecular formula is C29H27ClFN3O4S. The van der Waals surface area contributed by atoms with Gasteiger partial charge in [0.05, 0.1) is 23.0 Å². The summed E-state index contributed by atoms with van der Waals surface area (Å²) < 4.78 is 19.2. The highest BCUT2D eigenvalue weighted by molar-refractivity contribution is 8.19. The van der Waals surface area contributed by atoms with Crippen LogP contribution in [0.5, 0.6) is 5.75 Å². The first-order valence-corrected chi connectivity index (χ1v) is 13.9. The fourth-order valence-corrected chi connectivity index (χ4v) is 6.45. The highest BCUT2D eigenvalue weighted by atomic mass is 35.5. The predicted molar refractivity (Wildman–Crippen MR) is 154 cm³/mol. The summed E-state index contributed by atoms with van der Waals surface area (Å²) in [7, 11) is -0.886. The van der Waals surface area contributed by atoms with Crippen molar-refractivity contribution in [2.45, 2.75) is 24.7 Å². The van der Waals surface area contributed by atoms with Crippen LogP contribution in [0.3, 0.4) is 0 Å². The highest BCUT2D eigenvalue weighted by Gasteiger charge is 2.31. The van der Waals surface area contributed by atoms with Crippen molar-refractivity contribution in [2.75, 3.05) is 11.9 Å². The second-order valence-corrected chi connectivity index (χ2v) is 11.2. The van der Waals surface area contributed by atoms with Gasteiger partial charge in [-0.25, -0.2) is 9.38 Å². The van der Waals surface area contributed by atoms with Gasteiger partial charge in [0.15, 0.2) is 0 Å². The maximum absolute atomic E-state index is 13.4. The molecular weight excluding hydrogens is 541 g/mol.